The third kappa shape index (κ3) is 2.74. The van der Waals surface area contributed by atoms with Crippen LogP contribution >= 0.6 is 0 Å². The molecule has 0 bridgehead atoms. The zero-order valence-corrected chi connectivity index (χ0v) is 18.4. The predicted molar refractivity (Wildman–Crippen MR) is 115 cm³/mol. The van der Waals surface area contributed by atoms with E-state index in [1.807, 2.05) is 6.07 Å². The van der Waals surface area contributed by atoms with Gasteiger partial charge in [-0.3, -0.25) is 0 Å². The average molecular weight is 414 g/mol. The summed E-state index contributed by atoms with van der Waals surface area (Å²) in [6.45, 7) is 4.74. The van der Waals surface area contributed by atoms with Crippen LogP contribution in [0.2, 0.25) is 0 Å². The second kappa shape index (κ2) is 7.04. The lowest BCUT2D eigenvalue weighted by atomic mass is 9.45. The van der Waals surface area contributed by atoms with E-state index in [9.17, 15) is 9.90 Å². The molecule has 3 fully saturated rings. The van der Waals surface area contributed by atoms with Crippen molar-refractivity contribution in [3.63, 3.8) is 0 Å². The molecule has 2 unspecified atom stereocenters. The van der Waals surface area contributed by atoms with Crippen molar-refractivity contribution in [2.45, 2.75) is 82.8 Å². The molecule has 164 valence electrons. The average Bonchev–Trinajstić information content (AvgIpc) is 3.01. The summed E-state index contributed by atoms with van der Waals surface area (Å²) < 4.78 is 5.19. The molecule has 2 N–H and O–H groups in total. The van der Waals surface area contributed by atoms with Crippen LogP contribution < -0.4 is 11.1 Å². The Morgan fingerprint density at radius 2 is 1.93 bits per heavy atom. The smallest absolute Gasteiger partial charge is 0.335 e. The molecule has 7 atom stereocenters. The molecule has 1 aromatic heterocycles. The molecule has 30 heavy (non-hydrogen) atoms. The number of hydrogen-bond acceptors (Lipinski definition) is 5. The molecule has 4 aliphatic carbocycles. The van der Waals surface area contributed by atoms with Gasteiger partial charge in [0.1, 0.15) is 0 Å². The van der Waals surface area contributed by atoms with Crippen LogP contribution in [0.25, 0.3) is 0 Å². The van der Waals surface area contributed by atoms with Gasteiger partial charge in [0.05, 0.1) is 25.0 Å². The van der Waals surface area contributed by atoms with Gasteiger partial charge in [0.15, 0.2) is 0 Å². The molecule has 0 aliphatic heterocycles. The monoisotopic (exact) mass is 413 g/mol. The molecule has 0 spiro atoms. The molecule has 4 aliphatic rings. The molecule has 5 heteroatoms. The van der Waals surface area contributed by atoms with Crippen LogP contribution in [-0.4, -0.2) is 23.9 Å². The molecule has 1 heterocycles. The van der Waals surface area contributed by atoms with E-state index in [0.29, 0.717) is 17.9 Å². The topological polar surface area (TPSA) is 71.7 Å². The maximum atomic E-state index is 12.2. The summed E-state index contributed by atoms with van der Waals surface area (Å²) in [5, 5.41) is 12.2. The van der Waals surface area contributed by atoms with Gasteiger partial charge >= 0.3 is 5.63 Å². The normalized spacial score (nSPS) is 45.3. The molecule has 0 aromatic carbocycles. The molecule has 0 saturated heterocycles. The first-order chi connectivity index (χ1) is 14.3. The third-order valence-corrected chi connectivity index (χ3v) is 9.69. The Balaban J connectivity index is 1.46. The van der Waals surface area contributed by atoms with Crippen molar-refractivity contribution in [1.82, 2.24) is 5.48 Å². The van der Waals surface area contributed by atoms with Crippen LogP contribution in [0.5, 0.6) is 0 Å². The highest BCUT2D eigenvalue weighted by Crippen LogP contribution is 2.70. The fourth-order valence-electron chi connectivity index (χ4n) is 8.04. The van der Waals surface area contributed by atoms with Gasteiger partial charge in [-0.15, -0.1) is 0 Å². The molecule has 0 radical (unpaired) electrons. The van der Waals surface area contributed by atoms with Gasteiger partial charge in [0.25, 0.3) is 0 Å². The number of aliphatic hydroxyl groups is 1. The van der Waals surface area contributed by atoms with Crippen molar-refractivity contribution >= 4 is 0 Å². The van der Waals surface area contributed by atoms with E-state index in [-0.39, 0.29) is 22.4 Å². The lowest BCUT2D eigenvalue weighted by molar-refractivity contribution is -0.177. The minimum absolute atomic E-state index is 0.166. The Labute approximate surface area is 178 Å². The van der Waals surface area contributed by atoms with Crippen molar-refractivity contribution in [1.29, 1.82) is 0 Å². The van der Waals surface area contributed by atoms with E-state index in [4.69, 9.17) is 9.25 Å². The first-order valence-corrected chi connectivity index (χ1v) is 11.6. The number of rotatable bonds is 3. The van der Waals surface area contributed by atoms with Gasteiger partial charge in [0, 0.05) is 11.5 Å². The highest BCUT2D eigenvalue weighted by Gasteiger charge is 2.66. The Kier molecular flexibility index (Phi) is 4.81. The van der Waals surface area contributed by atoms with Crippen molar-refractivity contribution in [2.24, 2.45) is 22.7 Å². The number of fused-ring (bicyclic) bond motifs is 5. The predicted octanol–water partition coefficient (Wildman–Crippen LogP) is 4.32. The number of hydroxylamine groups is 1. The Morgan fingerprint density at radius 1 is 1.10 bits per heavy atom. The van der Waals surface area contributed by atoms with Crippen molar-refractivity contribution in [3.8, 4) is 0 Å². The number of hydrogen-bond donors (Lipinski definition) is 2. The molecule has 5 nitrogen and oxygen atoms in total. The molecule has 5 rings (SSSR count). The van der Waals surface area contributed by atoms with Crippen LogP contribution in [0.4, 0.5) is 0 Å². The maximum absolute atomic E-state index is 12.2. The van der Waals surface area contributed by atoms with Crippen molar-refractivity contribution in [2.75, 3.05) is 7.11 Å². The zero-order chi connectivity index (χ0) is 21.1. The fraction of sp³-hybridized carbons (Fsp3) is 0.720. The van der Waals surface area contributed by atoms with Crippen molar-refractivity contribution in [3.05, 3.63) is 46.0 Å². The number of nitrogens with one attached hydrogen (secondary N) is 1. The van der Waals surface area contributed by atoms with Gasteiger partial charge in [-0.25, -0.2) is 4.79 Å². The van der Waals surface area contributed by atoms with Gasteiger partial charge in [-0.1, -0.05) is 25.5 Å². The SMILES string of the molecule is CON[C@@H]1C=C2CCC3C(CC[C@]4(C)[C@@H](c5ccc(=O)oc5)CC[C@]34O)[C@@]2(C)CC1. The zero-order valence-electron chi connectivity index (χ0n) is 18.4. The quantitative estimate of drug-likeness (QED) is 0.570. The van der Waals surface area contributed by atoms with Gasteiger partial charge in [0.2, 0.25) is 0 Å². The van der Waals surface area contributed by atoms with E-state index in [0.717, 1.165) is 56.9 Å². The van der Waals surface area contributed by atoms with Crippen LogP contribution in [0, 0.1) is 22.7 Å². The number of allylic oxidation sites excluding steroid dienone is 1. The van der Waals surface area contributed by atoms with Crippen LogP contribution in [0.3, 0.4) is 0 Å². The summed E-state index contributed by atoms with van der Waals surface area (Å²) in [6.07, 6.45) is 12.4. The minimum Gasteiger partial charge on any atom is -0.431 e. The first-order valence-electron chi connectivity index (χ1n) is 11.6. The summed E-state index contributed by atoms with van der Waals surface area (Å²) in [6, 6.07) is 3.73. The summed E-state index contributed by atoms with van der Waals surface area (Å²) in [4.78, 5) is 16.6. The summed E-state index contributed by atoms with van der Waals surface area (Å²) >= 11 is 0. The van der Waals surface area contributed by atoms with E-state index in [2.05, 4.69) is 25.4 Å². The Bertz CT molecular complexity index is 888. The van der Waals surface area contributed by atoms with E-state index in [1.54, 1.807) is 18.9 Å². The molecule has 3 saturated carbocycles. The van der Waals surface area contributed by atoms with Crippen LogP contribution in [0.15, 0.2) is 39.3 Å². The van der Waals surface area contributed by atoms with Crippen LogP contribution in [0.1, 0.15) is 76.7 Å². The second-order valence-corrected chi connectivity index (χ2v) is 10.7. The Morgan fingerprint density at radius 3 is 2.67 bits per heavy atom. The van der Waals surface area contributed by atoms with E-state index in [1.165, 1.54) is 6.07 Å². The van der Waals surface area contributed by atoms with E-state index >= 15 is 0 Å². The summed E-state index contributed by atoms with van der Waals surface area (Å²) in [5.41, 5.74) is 4.83. The lowest BCUT2D eigenvalue weighted by Crippen LogP contribution is -2.60. The third-order valence-electron chi connectivity index (χ3n) is 9.69. The largest absolute Gasteiger partial charge is 0.431 e. The van der Waals surface area contributed by atoms with Crippen LogP contribution in [-0.2, 0) is 4.84 Å². The van der Waals surface area contributed by atoms with Gasteiger partial charge in [-0.2, -0.15) is 5.48 Å². The first kappa shape index (κ1) is 20.5. The standard InChI is InChI=1S/C25H35NO4/c1-23-11-8-18(26-29-3)14-17(23)5-6-21-20(23)9-12-24(2)19(10-13-25(21,24)28)16-4-7-22(27)30-15-16/h4,7,14-15,18-21,26,28H,5-6,8-13H2,1-3H3/t18-,19+,20?,21?,23-,24+,25-/m0/s1. The molecular formula is C25H35NO4. The van der Waals surface area contributed by atoms with Crippen molar-refractivity contribution < 1.29 is 14.4 Å². The lowest BCUT2D eigenvalue weighted by Gasteiger charge is -2.62. The Hall–Kier alpha value is -1.43. The van der Waals surface area contributed by atoms with Gasteiger partial charge < -0.3 is 14.4 Å². The summed E-state index contributed by atoms with van der Waals surface area (Å²) in [7, 11) is 1.69. The molecule has 1 aromatic rings. The summed E-state index contributed by atoms with van der Waals surface area (Å²) in [5.74, 6) is 1.12. The minimum atomic E-state index is -0.646. The van der Waals surface area contributed by atoms with Gasteiger partial charge in [-0.05, 0) is 86.2 Å². The molecule has 0 amide bonds. The van der Waals surface area contributed by atoms with E-state index < -0.39 is 5.60 Å². The maximum Gasteiger partial charge on any atom is 0.335 e. The second-order valence-electron chi connectivity index (χ2n) is 10.7. The molecular weight excluding hydrogens is 378 g/mol. The highest BCUT2D eigenvalue weighted by atomic mass is 16.6. The highest BCUT2D eigenvalue weighted by molar-refractivity contribution is 5.31. The fourth-order valence-corrected chi connectivity index (χ4v) is 8.04.